The SMILES string of the molecule is C=CCN1CCC2(c3cccc(OC(C)=O)c3)C[C@H](NC(=O)Cc3ccc(Cl)c(Cl)c3)CC(OC)C2C1. The molecule has 0 radical (unpaired) electrons. The van der Waals surface area contributed by atoms with Gasteiger partial charge in [0.15, 0.2) is 0 Å². The Kier molecular flexibility index (Phi) is 8.96. The molecule has 1 aliphatic carbocycles. The third-order valence-electron chi connectivity index (χ3n) is 7.69. The topological polar surface area (TPSA) is 67.9 Å². The highest BCUT2D eigenvalue weighted by molar-refractivity contribution is 6.42. The number of esters is 1. The van der Waals surface area contributed by atoms with Gasteiger partial charge in [0.25, 0.3) is 0 Å². The van der Waals surface area contributed by atoms with Crippen molar-refractivity contribution in [2.45, 2.75) is 50.2 Å². The second kappa shape index (κ2) is 12.0. The van der Waals surface area contributed by atoms with Crippen LogP contribution in [0, 0.1) is 5.92 Å². The number of fused-ring (bicyclic) bond motifs is 1. The van der Waals surface area contributed by atoms with Crippen molar-refractivity contribution in [2.75, 3.05) is 26.7 Å². The summed E-state index contributed by atoms with van der Waals surface area (Å²) in [5.74, 6) is 0.329. The van der Waals surface area contributed by atoms with Gasteiger partial charge < -0.3 is 14.8 Å². The lowest BCUT2D eigenvalue weighted by atomic mass is 9.57. The number of nitrogens with zero attached hydrogens (tertiary/aromatic N) is 1. The maximum atomic E-state index is 13.1. The fraction of sp³-hybridized carbons (Fsp3) is 0.448. The van der Waals surface area contributed by atoms with Gasteiger partial charge in [0.2, 0.25) is 5.91 Å². The molecular formula is C29H34Cl2N2O4. The van der Waals surface area contributed by atoms with Crippen LogP contribution in [-0.2, 0) is 26.2 Å². The molecule has 1 saturated heterocycles. The lowest BCUT2D eigenvalue weighted by Gasteiger charge is -2.55. The average Bonchev–Trinajstić information content (AvgIpc) is 2.86. The van der Waals surface area contributed by atoms with Crippen LogP contribution in [0.5, 0.6) is 5.75 Å². The zero-order valence-corrected chi connectivity index (χ0v) is 22.9. The molecule has 37 heavy (non-hydrogen) atoms. The molecule has 1 saturated carbocycles. The van der Waals surface area contributed by atoms with E-state index in [1.54, 1.807) is 25.3 Å². The standard InChI is InChI=1S/C29H34Cl2N2O4/c1-4-11-33-12-10-29(21-6-5-7-23(15-21)37-19(2)34)17-22(16-27(36-3)24(29)18-33)32-28(35)14-20-8-9-25(30)26(31)13-20/h4-9,13,15,22,24,27H,1,10-12,14,16-18H2,2-3H3,(H,32,35)/t22-,24?,27?,29?/m1/s1. The number of methoxy groups -OCH3 is 1. The van der Waals surface area contributed by atoms with E-state index in [1.165, 1.54) is 6.92 Å². The molecule has 2 fully saturated rings. The van der Waals surface area contributed by atoms with Gasteiger partial charge in [-0.3, -0.25) is 14.5 Å². The first-order valence-electron chi connectivity index (χ1n) is 12.6. The number of benzene rings is 2. The van der Waals surface area contributed by atoms with Gasteiger partial charge in [0, 0.05) is 44.5 Å². The van der Waals surface area contributed by atoms with Crippen molar-refractivity contribution < 1.29 is 19.1 Å². The molecule has 1 aliphatic heterocycles. The van der Waals surface area contributed by atoms with Crippen LogP contribution >= 0.6 is 23.2 Å². The van der Waals surface area contributed by atoms with E-state index in [0.29, 0.717) is 15.8 Å². The summed E-state index contributed by atoms with van der Waals surface area (Å²) in [6.45, 7) is 7.91. The second-order valence-electron chi connectivity index (χ2n) is 10.1. The summed E-state index contributed by atoms with van der Waals surface area (Å²) >= 11 is 12.2. The van der Waals surface area contributed by atoms with E-state index in [1.807, 2.05) is 24.3 Å². The summed E-state index contributed by atoms with van der Waals surface area (Å²) in [6.07, 6.45) is 4.50. The summed E-state index contributed by atoms with van der Waals surface area (Å²) < 4.78 is 11.5. The minimum Gasteiger partial charge on any atom is -0.427 e. The van der Waals surface area contributed by atoms with Gasteiger partial charge in [-0.15, -0.1) is 6.58 Å². The Bertz CT molecular complexity index is 1160. The molecule has 198 valence electrons. The molecule has 0 bridgehead atoms. The van der Waals surface area contributed by atoms with E-state index in [4.69, 9.17) is 32.7 Å². The zero-order chi connectivity index (χ0) is 26.6. The molecule has 2 aliphatic rings. The van der Waals surface area contributed by atoms with Gasteiger partial charge in [-0.1, -0.05) is 47.5 Å². The van der Waals surface area contributed by atoms with E-state index in [9.17, 15) is 9.59 Å². The Morgan fingerprint density at radius 3 is 2.73 bits per heavy atom. The van der Waals surface area contributed by atoms with Crippen molar-refractivity contribution in [1.29, 1.82) is 0 Å². The number of hydrogen-bond donors (Lipinski definition) is 1. The Labute approximate surface area is 228 Å². The van der Waals surface area contributed by atoms with Gasteiger partial charge in [-0.25, -0.2) is 0 Å². The number of hydrogen-bond acceptors (Lipinski definition) is 5. The van der Waals surface area contributed by atoms with E-state index in [-0.39, 0.29) is 41.8 Å². The molecule has 4 atom stereocenters. The van der Waals surface area contributed by atoms with Crippen LogP contribution < -0.4 is 10.1 Å². The number of ether oxygens (including phenoxy) is 2. The Hall–Kier alpha value is -2.38. The first kappa shape index (κ1) is 27.6. The van der Waals surface area contributed by atoms with Crippen molar-refractivity contribution in [1.82, 2.24) is 10.2 Å². The van der Waals surface area contributed by atoms with Gasteiger partial charge in [-0.2, -0.15) is 0 Å². The molecule has 3 unspecified atom stereocenters. The van der Waals surface area contributed by atoms with Crippen molar-refractivity contribution >= 4 is 35.1 Å². The molecule has 1 amide bonds. The normalized spacial score (nSPS) is 25.7. The van der Waals surface area contributed by atoms with E-state index in [0.717, 1.165) is 50.0 Å². The van der Waals surface area contributed by atoms with Crippen LogP contribution in [0.3, 0.4) is 0 Å². The van der Waals surface area contributed by atoms with Crippen LogP contribution in [-0.4, -0.2) is 55.7 Å². The second-order valence-corrected chi connectivity index (χ2v) is 10.9. The van der Waals surface area contributed by atoms with Crippen LogP contribution in [0.2, 0.25) is 10.0 Å². The van der Waals surface area contributed by atoms with Crippen LogP contribution in [0.4, 0.5) is 0 Å². The maximum absolute atomic E-state index is 13.1. The molecule has 2 aromatic carbocycles. The lowest BCUT2D eigenvalue weighted by Crippen LogP contribution is -2.61. The van der Waals surface area contributed by atoms with E-state index < -0.39 is 0 Å². The first-order valence-corrected chi connectivity index (χ1v) is 13.4. The number of carbonyl (C=O) groups excluding carboxylic acids is 2. The number of likely N-dealkylation sites (tertiary alicyclic amines) is 1. The number of piperidine rings is 1. The third-order valence-corrected chi connectivity index (χ3v) is 8.43. The number of amides is 1. The fourth-order valence-electron chi connectivity index (χ4n) is 6.13. The van der Waals surface area contributed by atoms with Crippen LogP contribution in [0.15, 0.2) is 55.1 Å². The van der Waals surface area contributed by atoms with Crippen molar-refractivity contribution in [3.8, 4) is 5.75 Å². The fourth-order valence-corrected chi connectivity index (χ4v) is 6.45. The quantitative estimate of drug-likeness (QED) is 0.281. The molecule has 0 aromatic heterocycles. The highest BCUT2D eigenvalue weighted by Crippen LogP contribution is 2.50. The summed E-state index contributed by atoms with van der Waals surface area (Å²) in [6, 6.07) is 13.0. The molecule has 8 heteroatoms. The molecular weight excluding hydrogens is 511 g/mol. The molecule has 2 aromatic rings. The molecule has 0 spiro atoms. The Balaban J connectivity index is 1.61. The Morgan fingerprint density at radius 1 is 1.22 bits per heavy atom. The van der Waals surface area contributed by atoms with Gasteiger partial charge >= 0.3 is 5.97 Å². The van der Waals surface area contributed by atoms with Crippen molar-refractivity contribution in [3.63, 3.8) is 0 Å². The summed E-state index contributed by atoms with van der Waals surface area (Å²) in [4.78, 5) is 27.1. The summed E-state index contributed by atoms with van der Waals surface area (Å²) in [5, 5.41) is 4.17. The van der Waals surface area contributed by atoms with E-state index >= 15 is 0 Å². The van der Waals surface area contributed by atoms with Crippen molar-refractivity contribution in [2.24, 2.45) is 5.92 Å². The number of carbonyl (C=O) groups is 2. The molecule has 6 nitrogen and oxygen atoms in total. The van der Waals surface area contributed by atoms with Crippen LogP contribution in [0.1, 0.15) is 37.3 Å². The lowest BCUT2D eigenvalue weighted by molar-refractivity contribution is -0.132. The smallest absolute Gasteiger partial charge is 0.308 e. The Morgan fingerprint density at radius 2 is 2.03 bits per heavy atom. The monoisotopic (exact) mass is 544 g/mol. The maximum Gasteiger partial charge on any atom is 0.308 e. The molecule has 1 N–H and O–H groups in total. The first-order chi connectivity index (χ1) is 17.7. The van der Waals surface area contributed by atoms with Crippen LogP contribution in [0.25, 0.3) is 0 Å². The molecule has 4 rings (SSSR count). The number of halogens is 2. The van der Waals surface area contributed by atoms with Gasteiger partial charge in [0.1, 0.15) is 5.75 Å². The number of nitrogens with one attached hydrogen (secondary N) is 1. The predicted octanol–water partition coefficient (Wildman–Crippen LogP) is 5.20. The van der Waals surface area contributed by atoms with Gasteiger partial charge in [-0.05, 0) is 61.2 Å². The van der Waals surface area contributed by atoms with E-state index in [2.05, 4.69) is 22.9 Å². The predicted molar refractivity (Wildman–Crippen MR) is 146 cm³/mol. The molecule has 1 heterocycles. The summed E-state index contributed by atoms with van der Waals surface area (Å²) in [5.41, 5.74) is 1.68. The largest absolute Gasteiger partial charge is 0.427 e. The minimum absolute atomic E-state index is 0.0472. The highest BCUT2D eigenvalue weighted by Gasteiger charge is 2.52. The highest BCUT2D eigenvalue weighted by atomic mass is 35.5. The average molecular weight is 546 g/mol. The zero-order valence-electron chi connectivity index (χ0n) is 21.3. The summed E-state index contributed by atoms with van der Waals surface area (Å²) in [7, 11) is 1.75. The van der Waals surface area contributed by atoms with Crippen molar-refractivity contribution in [3.05, 3.63) is 76.3 Å². The third kappa shape index (κ3) is 6.37. The number of rotatable bonds is 8. The minimum atomic E-state index is -0.349. The van der Waals surface area contributed by atoms with Gasteiger partial charge in [0.05, 0.1) is 22.6 Å².